The highest BCUT2D eigenvalue weighted by molar-refractivity contribution is 4.88. The van der Waals surface area contributed by atoms with E-state index in [-0.39, 0.29) is 0 Å². The van der Waals surface area contributed by atoms with E-state index in [9.17, 15) is 22.0 Å². The molecule has 0 aliphatic carbocycles. The van der Waals surface area contributed by atoms with Crippen LogP contribution in [0.15, 0.2) is 0 Å². The van der Waals surface area contributed by atoms with E-state index in [0.717, 1.165) is 0 Å². The summed E-state index contributed by atoms with van der Waals surface area (Å²) < 4.78 is 61.0. The highest BCUT2D eigenvalue weighted by atomic mass is 19.4. The number of epoxide rings is 1. The van der Waals surface area contributed by atoms with Crippen LogP contribution in [0.5, 0.6) is 0 Å². The Hall–Kier alpha value is -0.390. The fourth-order valence-corrected chi connectivity index (χ4v) is 0.493. The molecule has 3 atom stereocenters. The monoisotopic (exact) mass is 162 g/mol. The molecule has 1 heterocycles. The summed E-state index contributed by atoms with van der Waals surface area (Å²) in [6.45, 7) is 0. The predicted molar refractivity (Wildman–Crippen MR) is 20.7 cm³/mol. The van der Waals surface area contributed by atoms with Crippen molar-refractivity contribution >= 4 is 0 Å². The van der Waals surface area contributed by atoms with Crippen molar-refractivity contribution < 1.29 is 26.7 Å². The van der Waals surface area contributed by atoms with E-state index >= 15 is 0 Å². The number of alkyl halides is 5. The minimum absolute atomic E-state index is 1.93. The molecule has 1 aliphatic heterocycles. The van der Waals surface area contributed by atoms with Gasteiger partial charge in [-0.3, -0.25) is 0 Å². The van der Waals surface area contributed by atoms with Crippen molar-refractivity contribution in [1.29, 1.82) is 0 Å². The summed E-state index contributed by atoms with van der Waals surface area (Å²) in [7, 11) is 0. The molecule has 60 valence electrons. The van der Waals surface area contributed by atoms with Crippen LogP contribution in [0.2, 0.25) is 0 Å². The average molecular weight is 162 g/mol. The van der Waals surface area contributed by atoms with E-state index in [1.165, 1.54) is 0 Å². The molecular weight excluding hydrogens is 159 g/mol. The average Bonchev–Trinajstić information content (AvgIpc) is 2.42. The SMILES string of the molecule is FC1OC1C(F)C(F)(F)F. The van der Waals surface area contributed by atoms with Crippen LogP contribution in [-0.4, -0.2) is 24.8 Å². The summed E-state index contributed by atoms with van der Waals surface area (Å²) in [5.74, 6) is 0. The maximum atomic E-state index is 11.9. The Kier molecular flexibility index (Phi) is 1.58. The number of hydrogen-bond donors (Lipinski definition) is 0. The van der Waals surface area contributed by atoms with Crippen LogP contribution in [0.3, 0.4) is 0 Å². The van der Waals surface area contributed by atoms with Crippen LogP contribution in [-0.2, 0) is 4.74 Å². The van der Waals surface area contributed by atoms with E-state index in [1.54, 1.807) is 0 Å². The first-order chi connectivity index (χ1) is 4.43. The van der Waals surface area contributed by atoms with Gasteiger partial charge in [-0.15, -0.1) is 0 Å². The van der Waals surface area contributed by atoms with Crippen LogP contribution in [0.1, 0.15) is 0 Å². The highest BCUT2D eigenvalue weighted by Crippen LogP contribution is 2.37. The van der Waals surface area contributed by atoms with E-state index in [0.29, 0.717) is 0 Å². The maximum Gasteiger partial charge on any atom is 0.422 e. The molecule has 10 heavy (non-hydrogen) atoms. The number of hydrogen-bond acceptors (Lipinski definition) is 1. The fraction of sp³-hybridized carbons (Fsp3) is 1.00. The lowest BCUT2D eigenvalue weighted by molar-refractivity contribution is -0.185. The topological polar surface area (TPSA) is 12.5 Å². The Morgan fingerprint density at radius 2 is 1.70 bits per heavy atom. The third-order valence-corrected chi connectivity index (χ3v) is 1.07. The Morgan fingerprint density at radius 3 is 1.80 bits per heavy atom. The van der Waals surface area contributed by atoms with Crippen molar-refractivity contribution in [2.45, 2.75) is 24.8 Å². The molecule has 1 saturated heterocycles. The van der Waals surface area contributed by atoms with Gasteiger partial charge in [0.1, 0.15) is 0 Å². The Morgan fingerprint density at radius 1 is 1.30 bits per heavy atom. The van der Waals surface area contributed by atoms with Gasteiger partial charge in [0.15, 0.2) is 6.10 Å². The fourth-order valence-electron chi connectivity index (χ4n) is 0.493. The molecule has 0 aromatic rings. The first kappa shape index (κ1) is 7.71. The van der Waals surface area contributed by atoms with E-state index in [1.807, 2.05) is 0 Å². The molecule has 0 aromatic heterocycles. The zero-order valence-corrected chi connectivity index (χ0v) is 4.53. The normalized spacial score (nSPS) is 35.7. The smallest absolute Gasteiger partial charge is 0.333 e. The molecule has 0 saturated carbocycles. The lowest BCUT2D eigenvalue weighted by Gasteiger charge is -2.07. The molecule has 3 unspecified atom stereocenters. The third kappa shape index (κ3) is 1.36. The molecule has 1 rings (SSSR count). The minimum Gasteiger partial charge on any atom is -0.333 e. The summed E-state index contributed by atoms with van der Waals surface area (Å²) >= 11 is 0. The number of rotatable bonds is 1. The lowest BCUT2D eigenvalue weighted by Crippen LogP contribution is -2.30. The zero-order chi connectivity index (χ0) is 7.94. The minimum atomic E-state index is -5.01. The molecule has 0 bridgehead atoms. The van der Waals surface area contributed by atoms with Crippen molar-refractivity contribution in [3.63, 3.8) is 0 Å². The van der Waals surface area contributed by atoms with Gasteiger partial charge in [0.2, 0.25) is 12.5 Å². The Labute approximate surface area is 52.8 Å². The number of halogens is 5. The van der Waals surface area contributed by atoms with Gasteiger partial charge in [-0.2, -0.15) is 13.2 Å². The molecule has 1 nitrogen and oxygen atoms in total. The summed E-state index contributed by atoms with van der Waals surface area (Å²) in [5, 5.41) is 0. The van der Waals surface area contributed by atoms with Crippen LogP contribution in [0.4, 0.5) is 22.0 Å². The van der Waals surface area contributed by atoms with Crippen molar-refractivity contribution in [3.05, 3.63) is 0 Å². The van der Waals surface area contributed by atoms with Crippen LogP contribution in [0.25, 0.3) is 0 Å². The molecule has 0 spiro atoms. The summed E-state index contributed by atoms with van der Waals surface area (Å²) in [6, 6.07) is 0. The van der Waals surface area contributed by atoms with Gasteiger partial charge < -0.3 is 4.74 Å². The van der Waals surface area contributed by atoms with Gasteiger partial charge in [0.25, 0.3) is 0 Å². The van der Waals surface area contributed by atoms with Crippen molar-refractivity contribution in [1.82, 2.24) is 0 Å². The molecule has 1 fully saturated rings. The van der Waals surface area contributed by atoms with Crippen LogP contribution < -0.4 is 0 Å². The molecule has 0 radical (unpaired) electrons. The Bertz CT molecular complexity index is 132. The van der Waals surface area contributed by atoms with Crippen LogP contribution in [0, 0.1) is 0 Å². The van der Waals surface area contributed by atoms with Gasteiger partial charge in [-0.05, 0) is 0 Å². The highest BCUT2D eigenvalue weighted by Gasteiger charge is 2.57. The lowest BCUT2D eigenvalue weighted by atomic mass is 10.3. The van der Waals surface area contributed by atoms with E-state index in [2.05, 4.69) is 4.74 Å². The molecule has 6 heteroatoms. The van der Waals surface area contributed by atoms with Crippen molar-refractivity contribution in [2.24, 2.45) is 0 Å². The quantitative estimate of drug-likeness (QED) is 0.421. The van der Waals surface area contributed by atoms with Gasteiger partial charge in [-0.25, -0.2) is 8.78 Å². The van der Waals surface area contributed by atoms with E-state index < -0.39 is 24.8 Å². The summed E-state index contributed by atoms with van der Waals surface area (Å²) in [6.07, 6.45) is -12.2. The second kappa shape index (κ2) is 2.05. The second-order valence-electron chi connectivity index (χ2n) is 1.90. The molecular formula is C4H3F5O. The zero-order valence-electron chi connectivity index (χ0n) is 4.53. The van der Waals surface area contributed by atoms with Gasteiger partial charge in [-0.1, -0.05) is 0 Å². The summed E-state index contributed by atoms with van der Waals surface area (Å²) in [4.78, 5) is 0. The van der Waals surface area contributed by atoms with Gasteiger partial charge in [0, 0.05) is 0 Å². The van der Waals surface area contributed by atoms with Gasteiger partial charge >= 0.3 is 6.18 Å². The van der Waals surface area contributed by atoms with Crippen molar-refractivity contribution in [3.8, 4) is 0 Å². The van der Waals surface area contributed by atoms with Crippen LogP contribution >= 0.6 is 0 Å². The largest absolute Gasteiger partial charge is 0.422 e. The number of ether oxygens (including phenoxy) is 1. The predicted octanol–water partition coefficient (Wildman–Crippen LogP) is 1.58. The van der Waals surface area contributed by atoms with Crippen molar-refractivity contribution in [2.75, 3.05) is 0 Å². The molecule has 0 amide bonds. The standard InChI is InChI=1S/C4H3F5O/c5-2(4(7,8)9)1-3(6)10-1/h1-3H. The molecule has 1 aliphatic rings. The second-order valence-corrected chi connectivity index (χ2v) is 1.90. The summed E-state index contributed by atoms with van der Waals surface area (Å²) in [5.41, 5.74) is 0. The first-order valence-corrected chi connectivity index (χ1v) is 2.43. The van der Waals surface area contributed by atoms with Gasteiger partial charge in [0.05, 0.1) is 0 Å². The maximum absolute atomic E-state index is 11.9. The van der Waals surface area contributed by atoms with E-state index in [4.69, 9.17) is 0 Å². The first-order valence-electron chi connectivity index (χ1n) is 2.43. The molecule has 0 N–H and O–H groups in total. The third-order valence-electron chi connectivity index (χ3n) is 1.07. The Balaban J connectivity index is 2.42. The molecule has 0 aromatic carbocycles.